The number of hydrogen-bond acceptors (Lipinski definition) is 7. The SMILES string of the molecule is O=C(Nc1ccc2c(c1)OCO2)c1ccnc(NCc2ccncc2)n1. The average Bonchev–Trinajstić information content (AvgIpc) is 3.15. The Balaban J connectivity index is 1.43. The zero-order chi connectivity index (χ0) is 17.8. The summed E-state index contributed by atoms with van der Waals surface area (Å²) in [7, 11) is 0. The molecule has 0 radical (unpaired) electrons. The van der Waals surface area contributed by atoms with Gasteiger partial charge in [-0.2, -0.15) is 0 Å². The number of carbonyl (C=O) groups excluding carboxylic acids is 1. The van der Waals surface area contributed by atoms with Crippen LogP contribution in [0, 0.1) is 0 Å². The number of pyridine rings is 1. The minimum atomic E-state index is -0.335. The minimum absolute atomic E-state index is 0.186. The molecule has 1 aliphatic heterocycles. The van der Waals surface area contributed by atoms with Gasteiger partial charge in [-0.15, -0.1) is 0 Å². The molecule has 1 amide bonds. The van der Waals surface area contributed by atoms with Crippen molar-refractivity contribution in [3.05, 3.63) is 66.2 Å². The predicted octanol–water partition coefficient (Wildman–Crippen LogP) is 2.46. The molecule has 130 valence electrons. The van der Waals surface area contributed by atoms with Crippen molar-refractivity contribution in [1.29, 1.82) is 0 Å². The summed E-state index contributed by atoms with van der Waals surface area (Å²) in [6, 6.07) is 10.5. The van der Waals surface area contributed by atoms with E-state index in [0.29, 0.717) is 29.7 Å². The van der Waals surface area contributed by atoms with Crippen LogP contribution in [0.15, 0.2) is 55.0 Å². The Morgan fingerprint density at radius 1 is 1.04 bits per heavy atom. The Labute approximate surface area is 149 Å². The lowest BCUT2D eigenvalue weighted by Crippen LogP contribution is -2.15. The molecule has 0 spiro atoms. The number of hydrogen-bond donors (Lipinski definition) is 2. The lowest BCUT2D eigenvalue weighted by atomic mass is 10.2. The van der Waals surface area contributed by atoms with Crippen LogP contribution in [0.4, 0.5) is 11.6 Å². The zero-order valence-corrected chi connectivity index (χ0v) is 13.7. The quantitative estimate of drug-likeness (QED) is 0.730. The molecule has 8 heteroatoms. The molecule has 0 saturated heterocycles. The van der Waals surface area contributed by atoms with Gasteiger partial charge in [-0.1, -0.05) is 0 Å². The molecule has 0 unspecified atom stereocenters. The van der Waals surface area contributed by atoms with Crippen molar-refractivity contribution in [3.8, 4) is 11.5 Å². The molecule has 1 aromatic carbocycles. The van der Waals surface area contributed by atoms with Crippen LogP contribution in [0.5, 0.6) is 11.5 Å². The van der Waals surface area contributed by atoms with E-state index in [-0.39, 0.29) is 18.4 Å². The summed E-state index contributed by atoms with van der Waals surface area (Å²) in [5, 5.41) is 5.88. The number of nitrogens with one attached hydrogen (secondary N) is 2. The van der Waals surface area contributed by atoms with Crippen LogP contribution < -0.4 is 20.1 Å². The van der Waals surface area contributed by atoms with E-state index in [2.05, 4.69) is 25.6 Å². The second kappa shape index (κ2) is 7.06. The summed E-state index contributed by atoms with van der Waals surface area (Å²) in [6.07, 6.45) is 4.97. The fourth-order valence-electron chi connectivity index (χ4n) is 2.42. The lowest BCUT2D eigenvalue weighted by molar-refractivity contribution is 0.102. The highest BCUT2D eigenvalue weighted by Gasteiger charge is 2.15. The summed E-state index contributed by atoms with van der Waals surface area (Å²) < 4.78 is 10.6. The maximum Gasteiger partial charge on any atom is 0.274 e. The summed E-state index contributed by atoms with van der Waals surface area (Å²) in [5.41, 5.74) is 1.90. The van der Waals surface area contributed by atoms with Crippen molar-refractivity contribution in [2.24, 2.45) is 0 Å². The Morgan fingerprint density at radius 3 is 2.77 bits per heavy atom. The first-order chi connectivity index (χ1) is 12.8. The Kier molecular flexibility index (Phi) is 4.29. The first kappa shape index (κ1) is 15.8. The molecular formula is C18H15N5O3. The number of nitrogens with zero attached hydrogens (tertiary/aromatic N) is 3. The van der Waals surface area contributed by atoms with Crippen molar-refractivity contribution in [1.82, 2.24) is 15.0 Å². The molecular weight excluding hydrogens is 334 g/mol. The number of amides is 1. The van der Waals surface area contributed by atoms with Crippen LogP contribution in [0.25, 0.3) is 0 Å². The molecule has 0 aliphatic carbocycles. The van der Waals surface area contributed by atoms with E-state index in [1.54, 1.807) is 36.7 Å². The molecule has 4 rings (SSSR count). The predicted molar refractivity (Wildman–Crippen MR) is 94.1 cm³/mol. The van der Waals surface area contributed by atoms with Crippen LogP contribution in [-0.2, 0) is 6.54 Å². The third kappa shape index (κ3) is 3.54. The molecule has 3 aromatic rings. The first-order valence-corrected chi connectivity index (χ1v) is 7.95. The maximum atomic E-state index is 12.4. The monoisotopic (exact) mass is 349 g/mol. The number of benzene rings is 1. The van der Waals surface area contributed by atoms with Crippen LogP contribution in [-0.4, -0.2) is 27.7 Å². The largest absolute Gasteiger partial charge is 0.454 e. The Bertz CT molecular complexity index is 933. The number of fused-ring (bicyclic) bond motifs is 1. The molecule has 2 N–H and O–H groups in total. The highest BCUT2D eigenvalue weighted by atomic mass is 16.7. The maximum absolute atomic E-state index is 12.4. The van der Waals surface area contributed by atoms with Crippen LogP contribution in [0.3, 0.4) is 0 Å². The van der Waals surface area contributed by atoms with Gasteiger partial charge in [0.25, 0.3) is 5.91 Å². The molecule has 1 aliphatic rings. The standard InChI is InChI=1S/C18H15N5O3/c24-17(22-13-1-2-15-16(9-13)26-11-25-15)14-5-8-20-18(23-14)21-10-12-3-6-19-7-4-12/h1-9H,10-11H2,(H,22,24)(H,20,21,23). The van der Waals surface area contributed by atoms with E-state index in [0.717, 1.165) is 5.56 Å². The van der Waals surface area contributed by atoms with Gasteiger partial charge in [-0.3, -0.25) is 9.78 Å². The molecule has 0 bridgehead atoms. The topological polar surface area (TPSA) is 98.3 Å². The van der Waals surface area contributed by atoms with Crippen molar-refractivity contribution < 1.29 is 14.3 Å². The average molecular weight is 349 g/mol. The van der Waals surface area contributed by atoms with Crippen molar-refractivity contribution >= 4 is 17.5 Å². The molecule has 2 aromatic heterocycles. The van der Waals surface area contributed by atoms with Crippen molar-refractivity contribution in [3.63, 3.8) is 0 Å². The van der Waals surface area contributed by atoms with Gasteiger partial charge in [-0.05, 0) is 35.9 Å². The van der Waals surface area contributed by atoms with E-state index in [1.165, 1.54) is 6.20 Å². The summed E-state index contributed by atoms with van der Waals surface area (Å²) >= 11 is 0. The van der Waals surface area contributed by atoms with Crippen LogP contribution in [0.2, 0.25) is 0 Å². The Hall–Kier alpha value is -3.68. The number of ether oxygens (including phenoxy) is 2. The second-order valence-corrected chi connectivity index (χ2v) is 5.50. The van der Waals surface area contributed by atoms with Gasteiger partial charge in [0.2, 0.25) is 12.7 Å². The van der Waals surface area contributed by atoms with Crippen molar-refractivity contribution in [2.45, 2.75) is 6.54 Å². The van der Waals surface area contributed by atoms with Gasteiger partial charge in [0.05, 0.1) is 0 Å². The second-order valence-electron chi connectivity index (χ2n) is 5.50. The number of carbonyl (C=O) groups is 1. The van der Waals surface area contributed by atoms with Gasteiger partial charge in [0, 0.05) is 36.9 Å². The third-order valence-corrected chi connectivity index (χ3v) is 3.72. The highest BCUT2D eigenvalue weighted by Crippen LogP contribution is 2.34. The normalized spacial score (nSPS) is 11.8. The molecule has 0 fully saturated rings. The van der Waals surface area contributed by atoms with E-state index in [1.807, 2.05) is 12.1 Å². The lowest BCUT2D eigenvalue weighted by Gasteiger charge is -2.08. The first-order valence-electron chi connectivity index (χ1n) is 7.95. The fourth-order valence-corrected chi connectivity index (χ4v) is 2.42. The zero-order valence-electron chi connectivity index (χ0n) is 13.7. The van der Waals surface area contributed by atoms with Gasteiger partial charge in [0.15, 0.2) is 11.5 Å². The van der Waals surface area contributed by atoms with Gasteiger partial charge >= 0.3 is 0 Å². The fraction of sp³-hybridized carbons (Fsp3) is 0.111. The van der Waals surface area contributed by atoms with Crippen LogP contribution >= 0.6 is 0 Å². The third-order valence-electron chi connectivity index (χ3n) is 3.72. The van der Waals surface area contributed by atoms with E-state index < -0.39 is 0 Å². The summed E-state index contributed by atoms with van der Waals surface area (Å²) in [6.45, 7) is 0.723. The summed E-state index contributed by atoms with van der Waals surface area (Å²) in [5.74, 6) is 1.30. The number of aromatic nitrogens is 3. The highest BCUT2D eigenvalue weighted by molar-refractivity contribution is 6.03. The van der Waals surface area contributed by atoms with Gasteiger partial charge in [0.1, 0.15) is 5.69 Å². The van der Waals surface area contributed by atoms with Gasteiger partial charge < -0.3 is 20.1 Å². The van der Waals surface area contributed by atoms with Crippen molar-refractivity contribution in [2.75, 3.05) is 17.4 Å². The molecule has 3 heterocycles. The van der Waals surface area contributed by atoms with Crippen LogP contribution in [0.1, 0.15) is 16.1 Å². The molecule has 26 heavy (non-hydrogen) atoms. The van der Waals surface area contributed by atoms with E-state index in [9.17, 15) is 4.79 Å². The van der Waals surface area contributed by atoms with E-state index in [4.69, 9.17) is 9.47 Å². The van der Waals surface area contributed by atoms with E-state index >= 15 is 0 Å². The molecule has 0 atom stereocenters. The number of rotatable bonds is 5. The smallest absolute Gasteiger partial charge is 0.274 e. The Morgan fingerprint density at radius 2 is 1.88 bits per heavy atom. The molecule has 8 nitrogen and oxygen atoms in total. The molecule has 0 saturated carbocycles. The number of anilines is 2. The summed E-state index contributed by atoms with van der Waals surface area (Å²) in [4.78, 5) is 24.8. The minimum Gasteiger partial charge on any atom is -0.454 e. The van der Waals surface area contributed by atoms with Gasteiger partial charge in [-0.25, -0.2) is 9.97 Å².